The molecule has 1 saturated heterocycles. The number of hydrogen-bond donors (Lipinski definition) is 5. The fourth-order valence-corrected chi connectivity index (χ4v) is 3.68. The van der Waals surface area contributed by atoms with E-state index >= 15 is 0 Å². The fourth-order valence-electron chi connectivity index (χ4n) is 3.68. The normalized spacial score (nSPS) is 24.6. The quantitative estimate of drug-likeness (QED) is 0.328. The predicted octanol–water partition coefficient (Wildman–Crippen LogP) is 0.621. The van der Waals surface area contributed by atoms with Gasteiger partial charge >= 0.3 is 5.97 Å². The molecule has 0 unspecified atom stereocenters. The van der Waals surface area contributed by atoms with Crippen LogP contribution in [0.25, 0.3) is 22.3 Å². The largest absolute Gasteiger partial charge is 0.508 e. The molecule has 11 heteroatoms. The highest BCUT2D eigenvalue weighted by atomic mass is 16.7. The Labute approximate surface area is 192 Å². The van der Waals surface area contributed by atoms with Gasteiger partial charge in [0.05, 0.1) is 6.61 Å². The number of aromatic hydroxyl groups is 2. The molecule has 1 aromatic heterocycles. The molecule has 2 heterocycles. The van der Waals surface area contributed by atoms with Gasteiger partial charge < -0.3 is 44.2 Å². The number of rotatable bonds is 5. The lowest BCUT2D eigenvalue weighted by molar-refractivity contribution is -0.281. The monoisotopic (exact) mass is 474 g/mol. The third-order valence-electron chi connectivity index (χ3n) is 5.31. The first-order valence-electron chi connectivity index (χ1n) is 10.2. The summed E-state index contributed by atoms with van der Waals surface area (Å²) in [5.74, 6) is -1.11. The summed E-state index contributed by atoms with van der Waals surface area (Å²) in [4.78, 5) is 24.1. The SMILES string of the molecule is CC(=O)O[C@H]1[C@H](Oc2cc(O)c3c(=O)cc(-c4ccc(O)cc4)oc3c2)O[C@@H](CO)[C@@H](O)[C@@H]1O. The lowest BCUT2D eigenvalue weighted by Crippen LogP contribution is -2.61. The molecule has 2 aromatic carbocycles. The van der Waals surface area contributed by atoms with Crippen LogP contribution in [0.2, 0.25) is 0 Å². The van der Waals surface area contributed by atoms with Crippen molar-refractivity contribution < 1.29 is 49.0 Å². The second-order valence-corrected chi connectivity index (χ2v) is 7.74. The number of esters is 1. The van der Waals surface area contributed by atoms with Crippen molar-refractivity contribution >= 4 is 16.9 Å². The summed E-state index contributed by atoms with van der Waals surface area (Å²) in [7, 11) is 0. The van der Waals surface area contributed by atoms with Crippen LogP contribution in [0.3, 0.4) is 0 Å². The summed E-state index contributed by atoms with van der Waals surface area (Å²) in [6.07, 6.45) is -7.34. The predicted molar refractivity (Wildman–Crippen MR) is 115 cm³/mol. The Kier molecular flexibility index (Phi) is 6.44. The molecule has 1 aliphatic rings. The molecular weight excluding hydrogens is 452 g/mol. The van der Waals surface area contributed by atoms with E-state index in [0.29, 0.717) is 5.56 Å². The Balaban J connectivity index is 1.72. The highest BCUT2D eigenvalue weighted by Crippen LogP contribution is 2.33. The fraction of sp³-hybridized carbons (Fsp3) is 0.304. The van der Waals surface area contributed by atoms with Crippen molar-refractivity contribution in [3.05, 3.63) is 52.7 Å². The van der Waals surface area contributed by atoms with Crippen molar-refractivity contribution in [3.63, 3.8) is 0 Å². The number of phenols is 2. The smallest absolute Gasteiger partial charge is 0.303 e. The second kappa shape index (κ2) is 9.31. The maximum absolute atomic E-state index is 12.6. The maximum atomic E-state index is 12.6. The van der Waals surface area contributed by atoms with Gasteiger partial charge in [0.25, 0.3) is 0 Å². The Morgan fingerprint density at radius 2 is 1.76 bits per heavy atom. The summed E-state index contributed by atoms with van der Waals surface area (Å²) in [5, 5.41) is 49.7. The third kappa shape index (κ3) is 4.54. The molecule has 0 radical (unpaired) electrons. The number of hydrogen-bond acceptors (Lipinski definition) is 11. The lowest BCUT2D eigenvalue weighted by Gasteiger charge is -2.41. The van der Waals surface area contributed by atoms with Crippen LogP contribution >= 0.6 is 0 Å². The Bertz CT molecular complexity index is 1250. The molecule has 0 spiro atoms. The Hall–Kier alpha value is -3.64. The van der Waals surface area contributed by atoms with Crippen molar-refractivity contribution in [2.45, 2.75) is 37.6 Å². The van der Waals surface area contributed by atoms with Crippen LogP contribution in [0, 0.1) is 0 Å². The van der Waals surface area contributed by atoms with E-state index < -0.39 is 54.5 Å². The number of aliphatic hydroxyl groups excluding tert-OH is 3. The number of ether oxygens (including phenoxy) is 3. The average molecular weight is 474 g/mol. The molecule has 1 aliphatic heterocycles. The Morgan fingerprint density at radius 3 is 2.41 bits per heavy atom. The van der Waals surface area contributed by atoms with Gasteiger partial charge in [-0.05, 0) is 24.3 Å². The van der Waals surface area contributed by atoms with Crippen molar-refractivity contribution in [2.75, 3.05) is 6.61 Å². The minimum atomic E-state index is -1.63. The summed E-state index contributed by atoms with van der Waals surface area (Å²) >= 11 is 0. The third-order valence-corrected chi connectivity index (χ3v) is 5.31. The highest BCUT2D eigenvalue weighted by Gasteiger charge is 2.47. The molecule has 0 amide bonds. The molecule has 34 heavy (non-hydrogen) atoms. The zero-order valence-corrected chi connectivity index (χ0v) is 17.8. The molecule has 180 valence electrons. The topological polar surface area (TPSA) is 176 Å². The number of fused-ring (bicyclic) bond motifs is 1. The molecule has 5 N–H and O–H groups in total. The Morgan fingerprint density at radius 1 is 1.06 bits per heavy atom. The van der Waals surface area contributed by atoms with Crippen LogP contribution in [-0.2, 0) is 14.3 Å². The number of phenolic OH excluding ortho intramolecular Hbond substituents is 2. The number of carbonyl (C=O) groups is 1. The molecule has 0 saturated carbocycles. The number of carbonyl (C=O) groups excluding carboxylic acids is 1. The van der Waals surface area contributed by atoms with Crippen LogP contribution in [0.5, 0.6) is 17.2 Å². The summed E-state index contributed by atoms with van der Waals surface area (Å²) < 4.78 is 21.9. The molecule has 0 aliphatic carbocycles. The van der Waals surface area contributed by atoms with E-state index in [2.05, 4.69) is 0 Å². The van der Waals surface area contributed by atoms with Crippen LogP contribution in [0.15, 0.2) is 51.7 Å². The van der Waals surface area contributed by atoms with E-state index in [-0.39, 0.29) is 28.2 Å². The van der Waals surface area contributed by atoms with E-state index in [9.17, 15) is 35.1 Å². The van der Waals surface area contributed by atoms with Crippen LogP contribution in [0.1, 0.15) is 6.92 Å². The van der Waals surface area contributed by atoms with E-state index in [1.165, 1.54) is 24.3 Å². The maximum Gasteiger partial charge on any atom is 0.303 e. The van der Waals surface area contributed by atoms with Gasteiger partial charge in [-0.1, -0.05) is 0 Å². The van der Waals surface area contributed by atoms with Gasteiger partial charge in [0.2, 0.25) is 6.29 Å². The van der Waals surface area contributed by atoms with Gasteiger partial charge in [-0.25, -0.2) is 0 Å². The van der Waals surface area contributed by atoms with Gasteiger partial charge in [0, 0.05) is 30.7 Å². The lowest BCUT2D eigenvalue weighted by atomic mass is 9.99. The molecule has 3 aromatic rings. The van der Waals surface area contributed by atoms with E-state index in [1.54, 1.807) is 12.1 Å². The van der Waals surface area contributed by atoms with Crippen molar-refractivity contribution in [2.24, 2.45) is 0 Å². The highest BCUT2D eigenvalue weighted by molar-refractivity contribution is 5.86. The van der Waals surface area contributed by atoms with Gasteiger partial charge in [-0.2, -0.15) is 0 Å². The molecule has 0 bridgehead atoms. The molecule has 4 rings (SSSR count). The minimum absolute atomic E-state index is 0.0310. The summed E-state index contributed by atoms with van der Waals surface area (Å²) in [6.45, 7) is 0.439. The first kappa shape index (κ1) is 23.5. The van der Waals surface area contributed by atoms with E-state index in [4.69, 9.17) is 18.6 Å². The standard InChI is InChI=1S/C23H22O11/c1-10(25)31-22-21(30)20(29)18(9-24)34-23(22)32-13-6-14(27)19-15(28)8-16(33-17(19)7-13)11-2-4-12(26)5-3-11/h2-8,18,20-24,26-27,29-30H,9H2,1H3/t18-,20+,21-,22+,23+/m0/s1. The number of aliphatic hydroxyl groups is 3. The first-order chi connectivity index (χ1) is 16.2. The van der Waals surface area contributed by atoms with Gasteiger partial charge in [-0.3, -0.25) is 9.59 Å². The molecule has 11 nitrogen and oxygen atoms in total. The van der Waals surface area contributed by atoms with Crippen molar-refractivity contribution in [3.8, 4) is 28.6 Å². The van der Waals surface area contributed by atoms with Gasteiger partial charge in [0.15, 0.2) is 11.5 Å². The van der Waals surface area contributed by atoms with Crippen molar-refractivity contribution in [1.29, 1.82) is 0 Å². The zero-order chi connectivity index (χ0) is 24.6. The van der Waals surface area contributed by atoms with Gasteiger partial charge in [-0.15, -0.1) is 0 Å². The minimum Gasteiger partial charge on any atom is -0.508 e. The summed E-state index contributed by atoms with van der Waals surface area (Å²) in [5.41, 5.74) is -0.0697. The van der Waals surface area contributed by atoms with Crippen LogP contribution < -0.4 is 10.2 Å². The zero-order valence-electron chi connectivity index (χ0n) is 17.8. The average Bonchev–Trinajstić information content (AvgIpc) is 2.78. The molecule has 5 atom stereocenters. The molecule has 1 fully saturated rings. The van der Waals surface area contributed by atoms with E-state index in [0.717, 1.165) is 13.0 Å². The van der Waals surface area contributed by atoms with E-state index in [1.807, 2.05) is 0 Å². The van der Waals surface area contributed by atoms with Gasteiger partial charge in [0.1, 0.15) is 52.3 Å². The van der Waals surface area contributed by atoms with Crippen molar-refractivity contribution in [1.82, 2.24) is 0 Å². The van der Waals surface area contributed by atoms with Crippen LogP contribution in [-0.4, -0.2) is 68.8 Å². The number of benzene rings is 2. The van der Waals surface area contributed by atoms with Crippen LogP contribution in [0.4, 0.5) is 0 Å². The first-order valence-corrected chi connectivity index (χ1v) is 10.2. The second-order valence-electron chi connectivity index (χ2n) is 7.74. The summed E-state index contributed by atoms with van der Waals surface area (Å²) in [6, 6.07) is 9.52. The molecular formula is C23H22O11.